The molecule has 130 valence electrons. The molecule has 1 fully saturated rings. The Morgan fingerprint density at radius 3 is 2.71 bits per heavy atom. The van der Waals surface area contributed by atoms with Crippen LogP contribution in [0.4, 0.5) is 0 Å². The molecule has 24 heavy (non-hydrogen) atoms. The van der Waals surface area contributed by atoms with Crippen LogP contribution in [0.5, 0.6) is 0 Å². The van der Waals surface area contributed by atoms with Crippen molar-refractivity contribution in [3.63, 3.8) is 0 Å². The van der Waals surface area contributed by atoms with Crippen LogP contribution in [0.25, 0.3) is 5.57 Å². The van der Waals surface area contributed by atoms with Gasteiger partial charge in [-0.25, -0.2) is 0 Å². The zero-order valence-electron chi connectivity index (χ0n) is 13.5. The van der Waals surface area contributed by atoms with E-state index in [0.717, 1.165) is 17.7 Å². The molecule has 1 aliphatic heterocycles. The van der Waals surface area contributed by atoms with Crippen molar-refractivity contribution in [1.82, 2.24) is 10.6 Å². The zero-order valence-corrected chi connectivity index (χ0v) is 14.3. The summed E-state index contributed by atoms with van der Waals surface area (Å²) in [6.07, 6.45) is 1.39. The number of carbonyl (C=O) groups is 2. The summed E-state index contributed by atoms with van der Waals surface area (Å²) < 4.78 is 0. The van der Waals surface area contributed by atoms with Crippen molar-refractivity contribution in [2.24, 2.45) is 0 Å². The van der Waals surface area contributed by atoms with E-state index in [1.807, 2.05) is 30.3 Å². The zero-order chi connectivity index (χ0) is 16.2. The number of amides is 1. The average Bonchev–Trinajstić information content (AvgIpc) is 2.91. The fraction of sp³-hybridized carbons (Fsp3) is 0.444. The Morgan fingerprint density at radius 2 is 2.00 bits per heavy atom. The van der Waals surface area contributed by atoms with Crippen LogP contribution in [0.15, 0.2) is 35.9 Å². The van der Waals surface area contributed by atoms with E-state index < -0.39 is 6.10 Å². The normalized spacial score (nSPS) is 23.8. The number of benzene rings is 1. The first-order valence-corrected chi connectivity index (χ1v) is 8.14. The van der Waals surface area contributed by atoms with Gasteiger partial charge in [0.25, 0.3) is 0 Å². The summed E-state index contributed by atoms with van der Waals surface area (Å²) in [6.45, 7) is 1.26. The molecule has 0 spiro atoms. The first kappa shape index (κ1) is 18.6. The van der Waals surface area contributed by atoms with E-state index in [-0.39, 0.29) is 36.6 Å². The van der Waals surface area contributed by atoms with Crippen molar-refractivity contribution in [1.29, 1.82) is 0 Å². The van der Waals surface area contributed by atoms with Crippen LogP contribution < -0.4 is 10.6 Å². The lowest BCUT2D eigenvalue weighted by atomic mass is 9.99. The van der Waals surface area contributed by atoms with Crippen LogP contribution in [0.2, 0.25) is 0 Å². The van der Waals surface area contributed by atoms with E-state index >= 15 is 0 Å². The van der Waals surface area contributed by atoms with Crippen LogP contribution in [-0.2, 0) is 9.59 Å². The van der Waals surface area contributed by atoms with Gasteiger partial charge in [0.1, 0.15) is 0 Å². The standard InChI is InChI=1S/C18H22N2O3.ClH/c21-16-7-6-13(12-4-2-1-3-5-12)14(16)10-18(23)20-15-8-9-19-11-17(15)22;/h1-5,15,17,19,22H,6-11H2,(H,20,23);1H/t15-,17-;/m1./s1. The summed E-state index contributed by atoms with van der Waals surface area (Å²) in [7, 11) is 0. The smallest absolute Gasteiger partial charge is 0.224 e. The molecule has 2 atom stereocenters. The molecule has 1 aromatic rings. The lowest BCUT2D eigenvalue weighted by Crippen LogP contribution is -2.52. The summed E-state index contributed by atoms with van der Waals surface area (Å²) in [4.78, 5) is 24.5. The third-order valence-electron chi connectivity index (χ3n) is 4.56. The van der Waals surface area contributed by atoms with Gasteiger partial charge in [0.05, 0.1) is 18.6 Å². The van der Waals surface area contributed by atoms with Gasteiger partial charge in [-0.15, -0.1) is 12.4 Å². The minimum Gasteiger partial charge on any atom is -0.390 e. The SMILES string of the molecule is Cl.O=C(CC1=C(c2ccccc2)CCC1=O)N[C@@H]1CCNC[C@H]1O. The van der Waals surface area contributed by atoms with Gasteiger partial charge in [-0.3, -0.25) is 9.59 Å². The Hall–Kier alpha value is -1.69. The van der Waals surface area contributed by atoms with E-state index in [1.54, 1.807) is 0 Å². The number of aliphatic hydroxyl groups excluding tert-OH is 1. The van der Waals surface area contributed by atoms with Crippen LogP contribution in [0, 0.1) is 0 Å². The third kappa shape index (κ3) is 4.23. The molecule has 0 aromatic heterocycles. The number of nitrogens with one attached hydrogen (secondary N) is 2. The molecular weight excluding hydrogens is 328 g/mol. The third-order valence-corrected chi connectivity index (χ3v) is 4.56. The number of ketones is 1. The Kier molecular flexibility index (Phi) is 6.54. The van der Waals surface area contributed by atoms with E-state index in [4.69, 9.17) is 0 Å². The molecule has 1 saturated heterocycles. The van der Waals surface area contributed by atoms with Gasteiger partial charge in [-0.1, -0.05) is 30.3 Å². The predicted octanol–water partition coefficient (Wildman–Crippen LogP) is 1.45. The summed E-state index contributed by atoms with van der Waals surface area (Å²) in [6, 6.07) is 9.53. The van der Waals surface area contributed by atoms with Crippen LogP contribution >= 0.6 is 12.4 Å². The quantitative estimate of drug-likeness (QED) is 0.768. The van der Waals surface area contributed by atoms with Gasteiger partial charge in [-0.05, 0) is 30.5 Å². The van der Waals surface area contributed by atoms with E-state index in [9.17, 15) is 14.7 Å². The van der Waals surface area contributed by atoms with Crippen LogP contribution in [0.3, 0.4) is 0 Å². The number of carbonyl (C=O) groups excluding carboxylic acids is 2. The van der Waals surface area contributed by atoms with Crippen molar-refractivity contribution in [3.8, 4) is 0 Å². The minimum absolute atomic E-state index is 0. The van der Waals surface area contributed by atoms with Gasteiger partial charge >= 0.3 is 0 Å². The van der Waals surface area contributed by atoms with Crippen molar-refractivity contribution < 1.29 is 14.7 Å². The Labute approximate surface area is 147 Å². The van der Waals surface area contributed by atoms with Gasteiger partial charge in [0.15, 0.2) is 5.78 Å². The Morgan fingerprint density at radius 1 is 1.25 bits per heavy atom. The Bertz CT molecular complexity index is 630. The van der Waals surface area contributed by atoms with Crippen molar-refractivity contribution >= 4 is 29.7 Å². The molecule has 1 heterocycles. The highest BCUT2D eigenvalue weighted by Crippen LogP contribution is 2.33. The summed E-state index contributed by atoms with van der Waals surface area (Å²) in [5.74, 6) is -0.125. The highest BCUT2D eigenvalue weighted by Gasteiger charge is 2.28. The lowest BCUT2D eigenvalue weighted by Gasteiger charge is -2.29. The fourth-order valence-corrected chi connectivity index (χ4v) is 3.30. The first-order valence-electron chi connectivity index (χ1n) is 8.14. The largest absolute Gasteiger partial charge is 0.390 e. The number of Topliss-reactive ketones (excluding diaryl/α,β-unsaturated/α-hetero) is 1. The molecule has 0 unspecified atom stereocenters. The molecule has 0 radical (unpaired) electrons. The number of β-amino-alcohol motifs (C(OH)–C–C–N with tert-alkyl or cyclic N) is 1. The molecule has 2 aliphatic rings. The van der Waals surface area contributed by atoms with Crippen molar-refractivity contribution in [2.75, 3.05) is 13.1 Å². The fourth-order valence-electron chi connectivity index (χ4n) is 3.30. The highest BCUT2D eigenvalue weighted by atomic mass is 35.5. The number of hydrogen-bond donors (Lipinski definition) is 3. The van der Waals surface area contributed by atoms with Crippen LogP contribution in [0.1, 0.15) is 31.2 Å². The highest BCUT2D eigenvalue weighted by molar-refractivity contribution is 6.10. The maximum Gasteiger partial charge on any atom is 0.224 e. The van der Waals surface area contributed by atoms with Crippen molar-refractivity contribution in [2.45, 2.75) is 37.8 Å². The number of allylic oxidation sites excluding steroid dienone is 1. The number of halogens is 1. The van der Waals surface area contributed by atoms with E-state index in [0.29, 0.717) is 31.4 Å². The van der Waals surface area contributed by atoms with Crippen LogP contribution in [-0.4, -0.2) is 42.0 Å². The molecule has 5 nitrogen and oxygen atoms in total. The van der Waals surface area contributed by atoms with E-state index in [1.165, 1.54) is 0 Å². The van der Waals surface area contributed by atoms with Gasteiger partial charge in [0, 0.05) is 18.5 Å². The lowest BCUT2D eigenvalue weighted by molar-refractivity contribution is -0.123. The second-order valence-electron chi connectivity index (χ2n) is 6.16. The number of hydrogen-bond acceptors (Lipinski definition) is 4. The van der Waals surface area contributed by atoms with Gasteiger partial charge in [0.2, 0.25) is 5.91 Å². The molecule has 3 N–H and O–H groups in total. The molecule has 0 saturated carbocycles. The maximum absolute atomic E-state index is 12.3. The average molecular weight is 351 g/mol. The van der Waals surface area contributed by atoms with Gasteiger partial charge in [-0.2, -0.15) is 0 Å². The molecule has 1 aromatic carbocycles. The van der Waals surface area contributed by atoms with Crippen molar-refractivity contribution in [3.05, 3.63) is 41.5 Å². The number of aliphatic hydroxyl groups is 1. The molecular formula is C18H23ClN2O3. The monoisotopic (exact) mass is 350 g/mol. The van der Waals surface area contributed by atoms with E-state index in [2.05, 4.69) is 10.6 Å². The first-order chi connectivity index (χ1) is 11.1. The molecule has 1 aliphatic carbocycles. The molecule has 3 rings (SSSR count). The second-order valence-corrected chi connectivity index (χ2v) is 6.16. The topological polar surface area (TPSA) is 78.4 Å². The Balaban J connectivity index is 0.00000208. The summed E-state index contributed by atoms with van der Waals surface area (Å²) >= 11 is 0. The minimum atomic E-state index is -0.574. The number of piperidine rings is 1. The predicted molar refractivity (Wildman–Crippen MR) is 94.9 cm³/mol. The second kappa shape index (κ2) is 8.42. The molecule has 6 heteroatoms. The number of rotatable bonds is 4. The van der Waals surface area contributed by atoms with Gasteiger partial charge < -0.3 is 15.7 Å². The maximum atomic E-state index is 12.3. The molecule has 1 amide bonds. The summed E-state index contributed by atoms with van der Waals surface area (Å²) in [5, 5.41) is 15.9. The molecule has 0 bridgehead atoms. The summed E-state index contributed by atoms with van der Waals surface area (Å²) in [5.41, 5.74) is 2.62.